The molecule has 1 aromatic rings. The number of rotatable bonds is 3. The Hall–Kier alpha value is -1.40. The van der Waals surface area contributed by atoms with Crippen LogP contribution < -0.4 is 9.80 Å². The zero-order valence-corrected chi connectivity index (χ0v) is 14.8. The van der Waals surface area contributed by atoms with E-state index in [4.69, 9.17) is 9.72 Å². The molecule has 128 valence electrons. The molecular formula is C17H29N5O. The van der Waals surface area contributed by atoms with Gasteiger partial charge in [-0.05, 0) is 26.7 Å². The number of aromatic nitrogens is 2. The molecule has 0 N–H and O–H groups in total. The Morgan fingerprint density at radius 3 is 2.35 bits per heavy atom. The predicted octanol–water partition coefficient (Wildman–Crippen LogP) is 1.62. The van der Waals surface area contributed by atoms with Crippen molar-refractivity contribution in [2.24, 2.45) is 0 Å². The van der Waals surface area contributed by atoms with Crippen molar-refractivity contribution in [3.8, 4) is 0 Å². The van der Waals surface area contributed by atoms with Crippen LogP contribution >= 0.6 is 0 Å². The maximum absolute atomic E-state index is 5.86. The van der Waals surface area contributed by atoms with E-state index in [9.17, 15) is 0 Å². The van der Waals surface area contributed by atoms with Crippen LogP contribution in [0.15, 0.2) is 12.4 Å². The van der Waals surface area contributed by atoms with Gasteiger partial charge in [0.1, 0.15) is 11.6 Å². The molecule has 0 saturated carbocycles. The van der Waals surface area contributed by atoms with E-state index in [0.717, 1.165) is 37.8 Å². The molecule has 0 bridgehead atoms. The minimum Gasteiger partial charge on any atom is -0.373 e. The monoisotopic (exact) mass is 319 g/mol. The summed E-state index contributed by atoms with van der Waals surface area (Å²) in [4.78, 5) is 16.0. The topological polar surface area (TPSA) is 44.7 Å². The number of ether oxygens (including phenoxy) is 1. The molecular weight excluding hydrogens is 290 g/mol. The maximum atomic E-state index is 5.86. The van der Waals surface area contributed by atoms with Gasteiger partial charge >= 0.3 is 0 Å². The molecule has 0 spiro atoms. The summed E-state index contributed by atoms with van der Waals surface area (Å²) in [5, 5.41) is 0. The lowest BCUT2D eigenvalue weighted by Crippen LogP contribution is -2.53. The number of morpholine rings is 1. The quantitative estimate of drug-likeness (QED) is 0.844. The molecule has 2 atom stereocenters. The molecule has 0 aromatic carbocycles. The molecule has 23 heavy (non-hydrogen) atoms. The van der Waals surface area contributed by atoms with Gasteiger partial charge in [0.15, 0.2) is 0 Å². The van der Waals surface area contributed by atoms with E-state index in [0.29, 0.717) is 18.2 Å². The fourth-order valence-electron chi connectivity index (χ4n) is 3.69. The zero-order valence-electron chi connectivity index (χ0n) is 14.8. The molecule has 2 saturated heterocycles. The van der Waals surface area contributed by atoms with Crippen LogP contribution in [0.1, 0.15) is 26.7 Å². The Morgan fingerprint density at radius 1 is 1.09 bits per heavy atom. The van der Waals surface area contributed by atoms with E-state index in [1.807, 2.05) is 31.4 Å². The van der Waals surface area contributed by atoms with Gasteiger partial charge in [-0.15, -0.1) is 0 Å². The second kappa shape index (κ2) is 7.01. The molecule has 6 nitrogen and oxygen atoms in total. The third kappa shape index (κ3) is 3.93. The minimum absolute atomic E-state index is 0.347. The first kappa shape index (κ1) is 16.5. The Morgan fingerprint density at radius 2 is 1.74 bits per heavy atom. The second-order valence-electron chi connectivity index (χ2n) is 7.06. The first-order chi connectivity index (χ1) is 11.0. The molecule has 0 unspecified atom stereocenters. The van der Waals surface area contributed by atoms with E-state index in [2.05, 4.69) is 28.6 Å². The molecule has 2 aliphatic rings. The molecule has 2 aliphatic heterocycles. The van der Waals surface area contributed by atoms with Crippen molar-refractivity contribution in [1.29, 1.82) is 0 Å². The van der Waals surface area contributed by atoms with Gasteiger partial charge in [0.2, 0.25) is 0 Å². The summed E-state index contributed by atoms with van der Waals surface area (Å²) in [6.45, 7) is 8.59. The van der Waals surface area contributed by atoms with E-state index in [-0.39, 0.29) is 0 Å². The normalized spacial score (nSPS) is 27.2. The van der Waals surface area contributed by atoms with Gasteiger partial charge in [0, 0.05) is 46.3 Å². The molecule has 0 radical (unpaired) electrons. The number of hydrogen-bond acceptors (Lipinski definition) is 6. The fourth-order valence-corrected chi connectivity index (χ4v) is 3.69. The summed E-state index contributed by atoms with van der Waals surface area (Å²) in [6, 6.07) is 0.671. The Kier molecular flexibility index (Phi) is 5.02. The van der Waals surface area contributed by atoms with Gasteiger partial charge in [-0.25, -0.2) is 4.98 Å². The van der Waals surface area contributed by atoms with Crippen molar-refractivity contribution in [2.75, 3.05) is 50.1 Å². The average Bonchev–Trinajstić information content (AvgIpc) is 2.54. The van der Waals surface area contributed by atoms with Crippen LogP contribution in [0.5, 0.6) is 0 Å². The van der Waals surface area contributed by atoms with Crippen LogP contribution in [-0.2, 0) is 4.74 Å². The first-order valence-corrected chi connectivity index (χ1v) is 8.66. The predicted molar refractivity (Wildman–Crippen MR) is 93.2 cm³/mol. The van der Waals surface area contributed by atoms with Crippen molar-refractivity contribution in [3.63, 3.8) is 0 Å². The average molecular weight is 319 g/mol. The summed E-state index contributed by atoms with van der Waals surface area (Å²) in [5.74, 6) is 1.92. The van der Waals surface area contributed by atoms with Crippen LogP contribution in [0, 0.1) is 0 Å². The standard InChI is InChI=1S/C17H29N5O/c1-13-11-22(12-14(2)23-13)15-5-7-21(8-6-15)17-10-18-9-16(19-17)20(3)4/h9-10,13-15H,5-8,11-12H2,1-4H3/t13-,14+. The van der Waals surface area contributed by atoms with Crippen LogP contribution in [0.4, 0.5) is 11.6 Å². The van der Waals surface area contributed by atoms with Gasteiger partial charge in [-0.3, -0.25) is 9.88 Å². The summed E-state index contributed by atoms with van der Waals surface area (Å²) >= 11 is 0. The van der Waals surface area contributed by atoms with Crippen molar-refractivity contribution < 1.29 is 4.74 Å². The smallest absolute Gasteiger partial charge is 0.149 e. The van der Waals surface area contributed by atoms with E-state index >= 15 is 0 Å². The lowest BCUT2D eigenvalue weighted by molar-refractivity contribution is -0.0826. The summed E-state index contributed by atoms with van der Waals surface area (Å²) in [6.07, 6.45) is 6.76. The van der Waals surface area contributed by atoms with Gasteiger partial charge in [-0.1, -0.05) is 0 Å². The van der Waals surface area contributed by atoms with Crippen LogP contribution in [0.2, 0.25) is 0 Å². The lowest BCUT2D eigenvalue weighted by Gasteiger charge is -2.43. The number of nitrogens with zero attached hydrogens (tertiary/aromatic N) is 5. The van der Waals surface area contributed by atoms with Crippen molar-refractivity contribution in [2.45, 2.75) is 44.9 Å². The van der Waals surface area contributed by atoms with E-state index in [1.54, 1.807) is 0 Å². The molecule has 2 fully saturated rings. The van der Waals surface area contributed by atoms with Gasteiger partial charge in [0.25, 0.3) is 0 Å². The summed E-state index contributed by atoms with van der Waals surface area (Å²) < 4.78 is 5.86. The van der Waals surface area contributed by atoms with Crippen molar-refractivity contribution >= 4 is 11.6 Å². The van der Waals surface area contributed by atoms with Gasteiger partial charge in [-0.2, -0.15) is 0 Å². The highest BCUT2D eigenvalue weighted by Gasteiger charge is 2.30. The lowest BCUT2D eigenvalue weighted by atomic mass is 10.0. The Bertz CT molecular complexity index is 505. The molecule has 3 rings (SSSR count). The first-order valence-electron chi connectivity index (χ1n) is 8.66. The van der Waals surface area contributed by atoms with Crippen LogP contribution in [-0.4, -0.2) is 73.4 Å². The Balaban J connectivity index is 1.59. The molecule has 3 heterocycles. The SMILES string of the molecule is C[C@@H]1CN(C2CCN(c3cncc(N(C)C)n3)CC2)C[C@H](C)O1. The van der Waals surface area contributed by atoms with Crippen molar-refractivity contribution in [1.82, 2.24) is 14.9 Å². The highest BCUT2D eigenvalue weighted by atomic mass is 16.5. The van der Waals surface area contributed by atoms with Gasteiger partial charge in [0.05, 0.1) is 24.6 Å². The molecule has 1 aromatic heterocycles. The number of hydrogen-bond donors (Lipinski definition) is 0. The van der Waals surface area contributed by atoms with Crippen LogP contribution in [0.3, 0.4) is 0 Å². The number of anilines is 2. The third-order valence-corrected chi connectivity index (χ3v) is 4.82. The highest BCUT2D eigenvalue weighted by molar-refractivity contribution is 5.45. The number of piperidine rings is 1. The summed E-state index contributed by atoms with van der Waals surface area (Å²) in [7, 11) is 4.00. The maximum Gasteiger partial charge on any atom is 0.149 e. The molecule has 0 amide bonds. The van der Waals surface area contributed by atoms with Crippen LogP contribution in [0.25, 0.3) is 0 Å². The highest BCUT2D eigenvalue weighted by Crippen LogP contribution is 2.24. The largest absolute Gasteiger partial charge is 0.373 e. The second-order valence-corrected chi connectivity index (χ2v) is 7.06. The molecule has 0 aliphatic carbocycles. The van der Waals surface area contributed by atoms with E-state index < -0.39 is 0 Å². The summed E-state index contributed by atoms with van der Waals surface area (Å²) in [5.41, 5.74) is 0. The van der Waals surface area contributed by atoms with E-state index in [1.165, 1.54) is 12.8 Å². The van der Waals surface area contributed by atoms with Gasteiger partial charge < -0.3 is 14.5 Å². The van der Waals surface area contributed by atoms with Crippen molar-refractivity contribution in [3.05, 3.63) is 12.4 Å². The minimum atomic E-state index is 0.347. The molecule has 6 heteroatoms. The zero-order chi connectivity index (χ0) is 16.4. The Labute approximate surface area is 139 Å². The fraction of sp³-hybridized carbons (Fsp3) is 0.765. The third-order valence-electron chi connectivity index (χ3n) is 4.82.